The third kappa shape index (κ3) is 3.88. The fourth-order valence-electron chi connectivity index (χ4n) is 2.63. The van der Waals surface area contributed by atoms with E-state index in [1.165, 1.54) is 10.9 Å². The van der Waals surface area contributed by atoms with E-state index in [9.17, 15) is 14.4 Å². The summed E-state index contributed by atoms with van der Waals surface area (Å²) in [6.07, 6.45) is 1.48. The predicted octanol–water partition coefficient (Wildman–Crippen LogP) is 1.19. The van der Waals surface area contributed by atoms with Crippen LogP contribution in [-0.2, 0) is 7.05 Å². The molecule has 9 heteroatoms. The Morgan fingerprint density at radius 2 is 1.82 bits per heavy atom. The summed E-state index contributed by atoms with van der Waals surface area (Å²) >= 11 is 0. The summed E-state index contributed by atoms with van der Waals surface area (Å²) in [4.78, 5) is 40.2. The number of nitrogens with one attached hydrogen (secondary N) is 2. The molecule has 0 unspecified atom stereocenters. The topological polar surface area (TPSA) is 132 Å². The van der Waals surface area contributed by atoms with Gasteiger partial charge in [-0.3, -0.25) is 19.1 Å². The number of aryl methyl sites for hydroxylation is 1. The highest BCUT2D eigenvalue weighted by atomic mass is 16.2. The molecule has 0 atom stereocenters. The Hall–Kier alpha value is -4.01. The van der Waals surface area contributed by atoms with E-state index < -0.39 is 11.8 Å². The first-order chi connectivity index (χ1) is 13.4. The number of anilines is 1. The molecule has 3 aromatic rings. The molecule has 0 aliphatic rings. The molecule has 28 heavy (non-hydrogen) atoms. The van der Waals surface area contributed by atoms with Crippen molar-refractivity contribution < 1.29 is 14.4 Å². The van der Waals surface area contributed by atoms with E-state index in [1.807, 2.05) is 0 Å². The van der Waals surface area contributed by atoms with Gasteiger partial charge in [0.25, 0.3) is 17.7 Å². The number of hydrogen-bond acceptors (Lipinski definition) is 5. The molecule has 0 saturated heterocycles. The van der Waals surface area contributed by atoms with Gasteiger partial charge in [0, 0.05) is 31.4 Å². The van der Waals surface area contributed by atoms with Crippen molar-refractivity contribution >= 4 is 23.4 Å². The fraction of sp³-hybridized carbons (Fsp3) is 0.105. The standard InChI is InChI=1S/C19H18N6O3/c1-21-18(27)12-6-3-5-11(9-12)13-7-4-8-14(22-13)19(28)23-15-10-25(2)24-16(15)17(20)26/h3-10H,1-2H3,(H2,20,26)(H,21,27)(H,23,28). The number of carbonyl (C=O) groups is 3. The maximum absolute atomic E-state index is 12.6. The van der Waals surface area contributed by atoms with E-state index in [0.717, 1.165) is 0 Å². The van der Waals surface area contributed by atoms with E-state index in [1.54, 1.807) is 56.6 Å². The first-order valence-corrected chi connectivity index (χ1v) is 8.33. The summed E-state index contributed by atoms with van der Waals surface area (Å²) in [5.41, 5.74) is 7.29. The smallest absolute Gasteiger partial charge is 0.274 e. The van der Waals surface area contributed by atoms with Gasteiger partial charge in [0.05, 0.1) is 11.4 Å². The van der Waals surface area contributed by atoms with Crippen LogP contribution in [0.3, 0.4) is 0 Å². The lowest BCUT2D eigenvalue weighted by molar-refractivity contribution is 0.0960. The van der Waals surface area contributed by atoms with Crippen LogP contribution in [0.2, 0.25) is 0 Å². The van der Waals surface area contributed by atoms with Crippen LogP contribution in [0.4, 0.5) is 5.69 Å². The molecule has 0 bridgehead atoms. The van der Waals surface area contributed by atoms with Crippen molar-refractivity contribution in [1.29, 1.82) is 0 Å². The number of amides is 3. The van der Waals surface area contributed by atoms with Crippen molar-refractivity contribution in [2.45, 2.75) is 0 Å². The van der Waals surface area contributed by atoms with Gasteiger partial charge in [0.2, 0.25) is 0 Å². The van der Waals surface area contributed by atoms with Gasteiger partial charge in [0.1, 0.15) is 5.69 Å². The second-order valence-electron chi connectivity index (χ2n) is 5.95. The second kappa shape index (κ2) is 7.70. The molecular weight excluding hydrogens is 360 g/mol. The number of pyridine rings is 1. The molecule has 1 aromatic carbocycles. The fourth-order valence-corrected chi connectivity index (χ4v) is 2.63. The predicted molar refractivity (Wildman–Crippen MR) is 103 cm³/mol. The third-order valence-electron chi connectivity index (χ3n) is 3.94. The molecule has 3 amide bonds. The van der Waals surface area contributed by atoms with E-state index in [0.29, 0.717) is 16.8 Å². The lowest BCUT2D eigenvalue weighted by Gasteiger charge is -2.07. The van der Waals surface area contributed by atoms with Gasteiger partial charge < -0.3 is 16.4 Å². The number of aromatic nitrogens is 3. The van der Waals surface area contributed by atoms with Gasteiger partial charge >= 0.3 is 0 Å². The number of hydrogen-bond donors (Lipinski definition) is 3. The molecule has 9 nitrogen and oxygen atoms in total. The molecule has 142 valence electrons. The number of primary amides is 1. The van der Waals surface area contributed by atoms with Crippen molar-refractivity contribution in [2.24, 2.45) is 12.8 Å². The first kappa shape index (κ1) is 18.8. The Kier molecular flexibility index (Phi) is 5.16. The maximum atomic E-state index is 12.6. The molecular formula is C19H18N6O3. The first-order valence-electron chi connectivity index (χ1n) is 8.33. The minimum Gasteiger partial charge on any atom is -0.364 e. The molecule has 0 spiro atoms. The van der Waals surface area contributed by atoms with Crippen molar-refractivity contribution in [1.82, 2.24) is 20.1 Å². The van der Waals surface area contributed by atoms with Crippen molar-refractivity contribution in [3.05, 3.63) is 65.6 Å². The molecule has 0 aliphatic heterocycles. The van der Waals surface area contributed by atoms with Crippen LogP contribution in [0.15, 0.2) is 48.7 Å². The highest BCUT2D eigenvalue weighted by Gasteiger charge is 2.17. The van der Waals surface area contributed by atoms with Crippen LogP contribution in [0.5, 0.6) is 0 Å². The van der Waals surface area contributed by atoms with Crippen molar-refractivity contribution in [3.8, 4) is 11.3 Å². The molecule has 2 heterocycles. The second-order valence-corrected chi connectivity index (χ2v) is 5.95. The molecule has 0 aliphatic carbocycles. The minimum absolute atomic E-state index is 0.0368. The van der Waals surface area contributed by atoms with Crippen LogP contribution in [0, 0.1) is 0 Å². The molecule has 0 radical (unpaired) electrons. The Bertz CT molecular complexity index is 1070. The zero-order valence-corrected chi connectivity index (χ0v) is 15.3. The van der Waals surface area contributed by atoms with Gasteiger partial charge in [0.15, 0.2) is 5.69 Å². The summed E-state index contributed by atoms with van der Waals surface area (Å²) in [5, 5.41) is 9.09. The van der Waals surface area contributed by atoms with Crippen LogP contribution >= 0.6 is 0 Å². The molecule has 0 fully saturated rings. The monoisotopic (exact) mass is 378 g/mol. The maximum Gasteiger partial charge on any atom is 0.274 e. The minimum atomic E-state index is -0.747. The summed E-state index contributed by atoms with van der Waals surface area (Å²) in [6.45, 7) is 0. The SMILES string of the molecule is CNC(=O)c1cccc(-c2cccc(C(=O)Nc3cn(C)nc3C(N)=O)n2)c1. The third-order valence-corrected chi connectivity index (χ3v) is 3.94. The Morgan fingerprint density at radius 3 is 2.54 bits per heavy atom. The number of benzene rings is 1. The van der Waals surface area contributed by atoms with Crippen LogP contribution in [-0.4, -0.2) is 39.5 Å². The molecule has 4 N–H and O–H groups in total. The summed E-state index contributed by atoms with van der Waals surface area (Å²) in [7, 11) is 3.16. The van der Waals surface area contributed by atoms with Crippen LogP contribution < -0.4 is 16.4 Å². The normalized spacial score (nSPS) is 10.4. The van der Waals surface area contributed by atoms with Gasteiger partial charge in [-0.1, -0.05) is 18.2 Å². The average molecular weight is 378 g/mol. The summed E-state index contributed by atoms with van der Waals surface area (Å²) < 4.78 is 1.38. The zero-order chi connectivity index (χ0) is 20.3. The lowest BCUT2D eigenvalue weighted by Crippen LogP contribution is -2.19. The lowest BCUT2D eigenvalue weighted by atomic mass is 10.1. The van der Waals surface area contributed by atoms with Gasteiger partial charge in [-0.25, -0.2) is 4.98 Å². The van der Waals surface area contributed by atoms with Crippen LogP contribution in [0.1, 0.15) is 31.3 Å². The average Bonchev–Trinajstić information content (AvgIpc) is 3.08. The van der Waals surface area contributed by atoms with E-state index in [4.69, 9.17) is 5.73 Å². The molecule has 2 aromatic heterocycles. The number of rotatable bonds is 5. The molecule has 3 rings (SSSR count). The summed E-state index contributed by atoms with van der Waals surface area (Å²) in [6, 6.07) is 11.9. The van der Waals surface area contributed by atoms with Gasteiger partial charge in [-0.05, 0) is 24.3 Å². The van der Waals surface area contributed by atoms with Crippen molar-refractivity contribution in [2.75, 3.05) is 12.4 Å². The number of carbonyl (C=O) groups excluding carboxylic acids is 3. The Balaban J connectivity index is 1.89. The quantitative estimate of drug-likeness (QED) is 0.614. The highest BCUT2D eigenvalue weighted by molar-refractivity contribution is 6.07. The largest absolute Gasteiger partial charge is 0.364 e. The van der Waals surface area contributed by atoms with E-state index in [-0.39, 0.29) is 23.0 Å². The van der Waals surface area contributed by atoms with Crippen LogP contribution in [0.25, 0.3) is 11.3 Å². The summed E-state index contributed by atoms with van der Waals surface area (Å²) in [5.74, 6) is -1.48. The van der Waals surface area contributed by atoms with E-state index >= 15 is 0 Å². The Labute approximate surface area is 160 Å². The number of nitrogens with two attached hydrogens (primary N) is 1. The number of nitrogens with zero attached hydrogens (tertiary/aromatic N) is 3. The van der Waals surface area contributed by atoms with Gasteiger partial charge in [-0.15, -0.1) is 0 Å². The highest BCUT2D eigenvalue weighted by Crippen LogP contribution is 2.20. The van der Waals surface area contributed by atoms with Crippen molar-refractivity contribution in [3.63, 3.8) is 0 Å². The zero-order valence-electron chi connectivity index (χ0n) is 15.3. The Morgan fingerprint density at radius 1 is 1.07 bits per heavy atom. The van der Waals surface area contributed by atoms with Gasteiger partial charge in [-0.2, -0.15) is 5.10 Å². The molecule has 0 saturated carbocycles. The van der Waals surface area contributed by atoms with E-state index in [2.05, 4.69) is 20.7 Å².